The van der Waals surface area contributed by atoms with Gasteiger partial charge in [0, 0.05) is 19.9 Å². The van der Waals surface area contributed by atoms with Crippen molar-refractivity contribution < 1.29 is 27.8 Å². The van der Waals surface area contributed by atoms with Crippen LogP contribution in [0.1, 0.15) is 57.3 Å². The second kappa shape index (κ2) is 14.3. The summed E-state index contributed by atoms with van der Waals surface area (Å²) in [6.07, 6.45) is 3.69. The number of hydrogen-bond acceptors (Lipinski definition) is 9. The van der Waals surface area contributed by atoms with E-state index >= 15 is 0 Å². The fourth-order valence-electron chi connectivity index (χ4n) is 3.75. The van der Waals surface area contributed by atoms with Gasteiger partial charge in [0.1, 0.15) is 11.6 Å². The molecule has 0 radical (unpaired) electrons. The Morgan fingerprint density at radius 3 is 2.31 bits per heavy atom. The number of phenols is 1. The summed E-state index contributed by atoms with van der Waals surface area (Å²) in [4.78, 5) is 16.7. The first-order chi connectivity index (χ1) is 19.8. The number of rotatable bonds is 15. The Balaban J connectivity index is 1.53. The third-order valence-electron chi connectivity index (χ3n) is 6.55. The molecule has 0 spiro atoms. The van der Waals surface area contributed by atoms with Gasteiger partial charge >= 0.3 is 0 Å². The molecular weight excluding hydrogens is 558 g/mol. The van der Waals surface area contributed by atoms with Gasteiger partial charge < -0.3 is 19.9 Å². The zero-order valence-electron chi connectivity index (χ0n) is 24.6. The van der Waals surface area contributed by atoms with E-state index in [0.29, 0.717) is 30.9 Å². The summed E-state index contributed by atoms with van der Waals surface area (Å²) in [5, 5.41) is 21.3. The molecule has 0 fully saturated rings. The first kappa shape index (κ1) is 32.6. The SMILES string of the molecule is COC(C)(C)CCOC(C)(C)CCCNC(=O)c1cc(N=Nc2ccc(S(=O)(=O)Nc3ccccn3)cc2)ccc1O. The first-order valence-corrected chi connectivity index (χ1v) is 15.0. The van der Waals surface area contributed by atoms with Crippen LogP contribution in [0.5, 0.6) is 5.75 Å². The number of aromatic nitrogens is 1. The van der Waals surface area contributed by atoms with E-state index in [1.54, 1.807) is 25.3 Å². The number of benzene rings is 2. The maximum Gasteiger partial charge on any atom is 0.263 e. The Labute approximate surface area is 247 Å². The highest BCUT2D eigenvalue weighted by molar-refractivity contribution is 7.92. The molecule has 11 nitrogen and oxygen atoms in total. The van der Waals surface area contributed by atoms with Gasteiger partial charge in [-0.1, -0.05) is 6.07 Å². The van der Waals surface area contributed by atoms with Crippen molar-refractivity contribution in [2.24, 2.45) is 10.2 Å². The highest BCUT2D eigenvalue weighted by Gasteiger charge is 2.22. The van der Waals surface area contributed by atoms with E-state index in [1.807, 2.05) is 27.7 Å². The van der Waals surface area contributed by atoms with Crippen LogP contribution in [-0.2, 0) is 19.5 Å². The molecule has 0 atom stereocenters. The molecule has 1 aromatic heterocycles. The zero-order valence-corrected chi connectivity index (χ0v) is 25.4. The number of ether oxygens (including phenoxy) is 2. The summed E-state index contributed by atoms with van der Waals surface area (Å²) in [7, 11) is -2.13. The van der Waals surface area contributed by atoms with Crippen LogP contribution in [0, 0.1) is 0 Å². The summed E-state index contributed by atoms with van der Waals surface area (Å²) in [5.74, 6) is -0.393. The predicted molar refractivity (Wildman–Crippen MR) is 161 cm³/mol. The average Bonchev–Trinajstić information content (AvgIpc) is 2.95. The Kier molecular flexibility index (Phi) is 11.1. The minimum Gasteiger partial charge on any atom is -0.507 e. The number of pyridine rings is 1. The summed E-state index contributed by atoms with van der Waals surface area (Å²) < 4.78 is 39.0. The van der Waals surface area contributed by atoms with Crippen LogP contribution < -0.4 is 10.0 Å². The number of sulfonamides is 1. The first-order valence-electron chi connectivity index (χ1n) is 13.6. The van der Waals surface area contributed by atoms with E-state index in [9.17, 15) is 18.3 Å². The van der Waals surface area contributed by atoms with Crippen LogP contribution in [-0.4, -0.2) is 55.9 Å². The van der Waals surface area contributed by atoms with Gasteiger partial charge in [-0.3, -0.25) is 9.52 Å². The van der Waals surface area contributed by atoms with Crippen LogP contribution in [0.25, 0.3) is 0 Å². The van der Waals surface area contributed by atoms with Crippen molar-refractivity contribution in [3.05, 3.63) is 72.4 Å². The Bertz CT molecular complexity index is 1460. The number of carbonyl (C=O) groups is 1. The molecule has 0 unspecified atom stereocenters. The molecule has 1 heterocycles. The molecule has 12 heteroatoms. The Morgan fingerprint density at radius 1 is 0.952 bits per heavy atom. The lowest BCUT2D eigenvalue weighted by atomic mass is 10.0. The quantitative estimate of drug-likeness (QED) is 0.141. The van der Waals surface area contributed by atoms with Gasteiger partial charge in [0.15, 0.2) is 0 Å². The van der Waals surface area contributed by atoms with Crippen LogP contribution in [0.15, 0.2) is 82.0 Å². The van der Waals surface area contributed by atoms with E-state index < -0.39 is 15.9 Å². The van der Waals surface area contributed by atoms with Crippen molar-refractivity contribution in [1.29, 1.82) is 0 Å². The summed E-state index contributed by atoms with van der Waals surface area (Å²) in [6.45, 7) is 9.04. The van der Waals surface area contributed by atoms with Gasteiger partial charge in [-0.25, -0.2) is 13.4 Å². The van der Waals surface area contributed by atoms with Gasteiger partial charge in [-0.2, -0.15) is 10.2 Å². The normalized spacial score (nSPS) is 12.4. The van der Waals surface area contributed by atoms with Gasteiger partial charge in [-0.15, -0.1) is 0 Å². The number of anilines is 1. The van der Waals surface area contributed by atoms with E-state index in [0.717, 1.165) is 12.8 Å². The molecule has 2 aromatic carbocycles. The lowest BCUT2D eigenvalue weighted by Crippen LogP contribution is -2.31. The molecule has 0 bridgehead atoms. The lowest BCUT2D eigenvalue weighted by Gasteiger charge is -2.29. The second-order valence-electron chi connectivity index (χ2n) is 10.9. The number of methoxy groups -OCH3 is 1. The molecule has 0 saturated heterocycles. The molecule has 1 amide bonds. The maximum absolute atomic E-state index is 12.7. The van der Waals surface area contributed by atoms with Crippen molar-refractivity contribution >= 4 is 33.1 Å². The average molecular weight is 598 g/mol. The molecule has 0 aliphatic carbocycles. The number of hydrogen-bond donors (Lipinski definition) is 3. The molecule has 3 rings (SSSR count). The topological polar surface area (TPSA) is 152 Å². The highest BCUT2D eigenvalue weighted by atomic mass is 32.2. The van der Waals surface area contributed by atoms with Crippen LogP contribution in [0.4, 0.5) is 17.2 Å². The van der Waals surface area contributed by atoms with Crippen molar-refractivity contribution in [3.8, 4) is 5.75 Å². The minimum atomic E-state index is -3.81. The lowest BCUT2D eigenvalue weighted by molar-refractivity contribution is -0.0616. The number of aromatic hydroxyl groups is 1. The van der Waals surface area contributed by atoms with E-state index in [4.69, 9.17) is 9.47 Å². The summed E-state index contributed by atoms with van der Waals surface area (Å²) in [5.41, 5.74) is 0.230. The van der Waals surface area contributed by atoms with Gasteiger partial charge in [-0.05, 0) is 102 Å². The van der Waals surface area contributed by atoms with Gasteiger partial charge in [0.25, 0.3) is 15.9 Å². The zero-order chi connectivity index (χ0) is 30.8. The van der Waals surface area contributed by atoms with E-state index in [1.165, 1.54) is 48.7 Å². The molecule has 42 heavy (non-hydrogen) atoms. The molecule has 3 aromatic rings. The smallest absolute Gasteiger partial charge is 0.263 e. The fourth-order valence-corrected chi connectivity index (χ4v) is 4.76. The van der Waals surface area contributed by atoms with E-state index in [2.05, 4.69) is 25.3 Å². The van der Waals surface area contributed by atoms with Crippen molar-refractivity contribution in [3.63, 3.8) is 0 Å². The molecule has 0 aliphatic rings. The summed E-state index contributed by atoms with van der Waals surface area (Å²) in [6, 6.07) is 15.1. The molecule has 3 N–H and O–H groups in total. The maximum atomic E-state index is 12.7. The molecular formula is C30H39N5O6S. The number of amides is 1. The van der Waals surface area contributed by atoms with Gasteiger partial charge in [0.05, 0.1) is 39.6 Å². The number of nitrogens with one attached hydrogen (secondary N) is 2. The second-order valence-corrected chi connectivity index (χ2v) is 12.6. The third kappa shape index (κ3) is 10.2. The highest BCUT2D eigenvalue weighted by Crippen LogP contribution is 2.26. The molecule has 0 saturated carbocycles. The standard InChI is InChI=1S/C30H39N5O6S/c1-29(2,40-5)17-20-41-30(3,4)16-8-19-32-28(37)25-21-23(12-15-26(25)36)34-33-22-10-13-24(14-11-22)42(38,39)35-27-9-6-7-18-31-27/h6-7,9-15,18,21,36H,8,16-17,19-20H2,1-5H3,(H,31,35)(H,32,37). The largest absolute Gasteiger partial charge is 0.507 e. The Morgan fingerprint density at radius 2 is 1.64 bits per heavy atom. The van der Waals surface area contributed by atoms with Crippen molar-refractivity contribution in [1.82, 2.24) is 10.3 Å². The number of phenolic OH excluding ortho intramolecular Hbond substituents is 1. The molecule has 0 aliphatic heterocycles. The van der Waals surface area contributed by atoms with E-state index in [-0.39, 0.29) is 33.2 Å². The van der Waals surface area contributed by atoms with Gasteiger partial charge in [0.2, 0.25) is 0 Å². The number of carbonyl (C=O) groups excluding carboxylic acids is 1. The number of nitrogens with zero attached hydrogens (tertiary/aromatic N) is 3. The van der Waals surface area contributed by atoms with Crippen LogP contribution in [0.2, 0.25) is 0 Å². The van der Waals surface area contributed by atoms with Crippen molar-refractivity contribution in [2.75, 3.05) is 25.0 Å². The fraction of sp³-hybridized carbons (Fsp3) is 0.400. The van der Waals surface area contributed by atoms with Crippen LogP contribution >= 0.6 is 0 Å². The monoisotopic (exact) mass is 597 g/mol. The predicted octanol–water partition coefficient (Wildman–Crippen LogP) is 6.12. The van der Waals surface area contributed by atoms with Crippen molar-refractivity contribution in [2.45, 2.75) is 63.1 Å². The third-order valence-corrected chi connectivity index (χ3v) is 7.92. The summed E-state index contributed by atoms with van der Waals surface area (Å²) >= 11 is 0. The number of azo groups is 1. The Hall–Kier alpha value is -3.87. The minimum absolute atomic E-state index is 0.0423. The molecule has 226 valence electrons. The van der Waals surface area contributed by atoms with Crippen LogP contribution in [0.3, 0.4) is 0 Å².